The molecule has 0 spiro atoms. The monoisotopic (exact) mass is 130 g/mol. The fourth-order valence-electron chi connectivity index (χ4n) is 0.359. The number of aliphatic hydroxyl groups is 1. The zero-order valence-electron chi connectivity index (χ0n) is 6.00. The Bertz CT molecular complexity index is 79.0. The number of aliphatic hydroxyl groups excluding tert-OH is 1. The molecule has 0 aromatic rings. The van der Waals surface area contributed by atoms with Gasteiger partial charge in [-0.1, -0.05) is 6.08 Å². The van der Waals surface area contributed by atoms with Gasteiger partial charge < -0.3 is 9.84 Å². The summed E-state index contributed by atoms with van der Waals surface area (Å²) in [6.07, 6.45) is 1.17. The molecule has 0 fully saturated rings. The van der Waals surface area contributed by atoms with Crippen LogP contribution in [0.25, 0.3) is 0 Å². The van der Waals surface area contributed by atoms with Crippen LogP contribution in [0.5, 0.6) is 0 Å². The Morgan fingerprint density at radius 1 is 1.67 bits per heavy atom. The van der Waals surface area contributed by atoms with Crippen molar-refractivity contribution in [2.24, 2.45) is 0 Å². The minimum absolute atomic E-state index is 0.0944. The van der Waals surface area contributed by atoms with Gasteiger partial charge in [0.15, 0.2) is 0 Å². The summed E-state index contributed by atoms with van der Waals surface area (Å²) in [5, 5.41) is 8.89. The van der Waals surface area contributed by atoms with Crippen LogP contribution in [0.1, 0.15) is 13.8 Å². The largest absolute Gasteiger partial charge is 0.391 e. The minimum atomic E-state index is -0.398. The minimum Gasteiger partial charge on any atom is -0.391 e. The zero-order valence-corrected chi connectivity index (χ0v) is 6.00. The number of rotatable bonds is 4. The molecule has 0 amide bonds. The molecule has 2 heteroatoms. The van der Waals surface area contributed by atoms with E-state index in [1.165, 1.54) is 0 Å². The molecule has 54 valence electrons. The Morgan fingerprint density at radius 2 is 2.22 bits per heavy atom. The number of ether oxygens (including phenoxy) is 1. The van der Waals surface area contributed by atoms with Gasteiger partial charge in [0.05, 0.1) is 18.8 Å². The molecular formula is C7H14O2. The normalized spacial score (nSPS) is 16.8. The van der Waals surface area contributed by atoms with Gasteiger partial charge in [0.25, 0.3) is 0 Å². The molecule has 0 bridgehead atoms. The second-order valence-corrected chi connectivity index (χ2v) is 2.07. The lowest BCUT2D eigenvalue weighted by atomic mass is 10.3. The van der Waals surface area contributed by atoms with E-state index in [9.17, 15) is 0 Å². The van der Waals surface area contributed by atoms with E-state index in [0.717, 1.165) is 0 Å². The van der Waals surface area contributed by atoms with Crippen LogP contribution in [0.2, 0.25) is 0 Å². The summed E-state index contributed by atoms with van der Waals surface area (Å²) in [7, 11) is 0. The molecule has 2 nitrogen and oxygen atoms in total. The van der Waals surface area contributed by atoms with Crippen LogP contribution in [0.15, 0.2) is 12.7 Å². The summed E-state index contributed by atoms with van der Waals surface area (Å²) in [4.78, 5) is 0. The lowest BCUT2D eigenvalue weighted by molar-refractivity contribution is -0.00593. The maximum absolute atomic E-state index is 8.89. The third kappa shape index (κ3) is 4.18. The molecule has 9 heavy (non-hydrogen) atoms. The van der Waals surface area contributed by atoms with Crippen molar-refractivity contribution in [1.82, 2.24) is 0 Å². The first-order chi connectivity index (χ1) is 4.18. The van der Waals surface area contributed by atoms with E-state index in [0.29, 0.717) is 6.61 Å². The van der Waals surface area contributed by atoms with Gasteiger partial charge in [-0.15, -0.1) is 6.58 Å². The van der Waals surface area contributed by atoms with E-state index >= 15 is 0 Å². The zero-order chi connectivity index (χ0) is 7.28. The average Bonchev–Trinajstić information content (AvgIpc) is 1.82. The van der Waals surface area contributed by atoms with Gasteiger partial charge in [-0.05, 0) is 13.8 Å². The molecule has 0 rings (SSSR count). The summed E-state index contributed by atoms with van der Waals surface area (Å²) in [6, 6.07) is 0. The first-order valence-electron chi connectivity index (χ1n) is 3.09. The van der Waals surface area contributed by atoms with Crippen molar-refractivity contribution in [1.29, 1.82) is 0 Å². The van der Waals surface area contributed by atoms with Gasteiger partial charge >= 0.3 is 0 Å². The molecule has 0 aliphatic heterocycles. The first kappa shape index (κ1) is 8.66. The molecule has 0 saturated heterocycles. The molecule has 0 heterocycles. The van der Waals surface area contributed by atoms with Crippen molar-refractivity contribution in [3.8, 4) is 0 Å². The lowest BCUT2D eigenvalue weighted by Gasteiger charge is -2.13. The van der Waals surface area contributed by atoms with Gasteiger partial charge in [-0.3, -0.25) is 0 Å². The smallest absolute Gasteiger partial charge is 0.0807 e. The quantitative estimate of drug-likeness (QED) is 0.574. The first-order valence-corrected chi connectivity index (χ1v) is 3.09. The summed E-state index contributed by atoms with van der Waals surface area (Å²) in [5.74, 6) is 0. The fourth-order valence-corrected chi connectivity index (χ4v) is 0.359. The van der Waals surface area contributed by atoms with E-state index in [1.807, 2.05) is 6.92 Å². The van der Waals surface area contributed by atoms with Crippen LogP contribution in [-0.4, -0.2) is 23.9 Å². The Kier molecular flexibility index (Phi) is 4.36. The molecule has 0 saturated carbocycles. The SMILES string of the molecule is C=CCO[C@@H](C)[C@@H](C)O. The molecule has 0 radical (unpaired) electrons. The number of hydrogen-bond acceptors (Lipinski definition) is 2. The Labute approximate surface area is 56.1 Å². The maximum atomic E-state index is 8.89. The van der Waals surface area contributed by atoms with Crippen molar-refractivity contribution in [2.75, 3.05) is 6.61 Å². The highest BCUT2D eigenvalue weighted by molar-refractivity contribution is 4.66. The van der Waals surface area contributed by atoms with Crippen LogP contribution >= 0.6 is 0 Å². The van der Waals surface area contributed by atoms with E-state index < -0.39 is 6.10 Å². The van der Waals surface area contributed by atoms with E-state index in [4.69, 9.17) is 9.84 Å². The maximum Gasteiger partial charge on any atom is 0.0807 e. The van der Waals surface area contributed by atoms with Crippen LogP contribution in [0.4, 0.5) is 0 Å². The summed E-state index contributed by atoms with van der Waals surface area (Å²) in [5.41, 5.74) is 0. The van der Waals surface area contributed by atoms with Crippen molar-refractivity contribution < 1.29 is 9.84 Å². The van der Waals surface area contributed by atoms with E-state index in [1.54, 1.807) is 13.0 Å². The van der Waals surface area contributed by atoms with Crippen LogP contribution in [0, 0.1) is 0 Å². The molecular weight excluding hydrogens is 116 g/mol. The summed E-state index contributed by atoms with van der Waals surface area (Å²) < 4.78 is 5.08. The Hall–Kier alpha value is -0.340. The standard InChI is InChI=1S/C7H14O2/c1-4-5-9-7(3)6(2)8/h4,6-8H,1,5H2,2-3H3/t6-,7+/m1/s1. The lowest BCUT2D eigenvalue weighted by Crippen LogP contribution is -2.22. The van der Waals surface area contributed by atoms with Crippen molar-refractivity contribution in [2.45, 2.75) is 26.1 Å². The molecule has 0 unspecified atom stereocenters. The van der Waals surface area contributed by atoms with Crippen molar-refractivity contribution in [3.05, 3.63) is 12.7 Å². The average molecular weight is 130 g/mol. The summed E-state index contributed by atoms with van der Waals surface area (Å²) >= 11 is 0. The highest BCUT2D eigenvalue weighted by atomic mass is 16.5. The third-order valence-corrected chi connectivity index (χ3v) is 1.16. The third-order valence-electron chi connectivity index (χ3n) is 1.16. The van der Waals surface area contributed by atoms with E-state index in [2.05, 4.69) is 6.58 Å². The number of hydrogen-bond donors (Lipinski definition) is 1. The fraction of sp³-hybridized carbons (Fsp3) is 0.714. The van der Waals surface area contributed by atoms with Gasteiger partial charge in [0, 0.05) is 0 Å². The highest BCUT2D eigenvalue weighted by Crippen LogP contribution is 1.96. The van der Waals surface area contributed by atoms with Gasteiger partial charge in [-0.2, -0.15) is 0 Å². The Balaban J connectivity index is 3.26. The summed E-state index contributed by atoms with van der Waals surface area (Å²) in [6.45, 7) is 7.52. The van der Waals surface area contributed by atoms with Gasteiger partial charge in [0.1, 0.15) is 0 Å². The van der Waals surface area contributed by atoms with Gasteiger partial charge in [-0.25, -0.2) is 0 Å². The second-order valence-electron chi connectivity index (χ2n) is 2.07. The molecule has 2 atom stereocenters. The highest BCUT2D eigenvalue weighted by Gasteiger charge is 2.06. The second kappa shape index (κ2) is 4.53. The van der Waals surface area contributed by atoms with Crippen LogP contribution < -0.4 is 0 Å². The topological polar surface area (TPSA) is 29.5 Å². The van der Waals surface area contributed by atoms with Crippen LogP contribution in [0.3, 0.4) is 0 Å². The molecule has 0 aromatic heterocycles. The van der Waals surface area contributed by atoms with Crippen molar-refractivity contribution in [3.63, 3.8) is 0 Å². The van der Waals surface area contributed by atoms with E-state index in [-0.39, 0.29) is 6.10 Å². The van der Waals surface area contributed by atoms with Crippen molar-refractivity contribution >= 4 is 0 Å². The van der Waals surface area contributed by atoms with Crippen LogP contribution in [-0.2, 0) is 4.74 Å². The predicted octanol–water partition coefficient (Wildman–Crippen LogP) is 0.958. The Morgan fingerprint density at radius 3 is 2.56 bits per heavy atom. The molecule has 0 aromatic carbocycles. The van der Waals surface area contributed by atoms with Gasteiger partial charge in [0.2, 0.25) is 0 Å². The molecule has 1 N–H and O–H groups in total. The molecule has 0 aliphatic carbocycles. The molecule has 0 aliphatic rings. The predicted molar refractivity (Wildman–Crippen MR) is 37.3 cm³/mol.